The summed E-state index contributed by atoms with van der Waals surface area (Å²) in [6, 6.07) is 0. The highest BCUT2D eigenvalue weighted by Gasteiger charge is 2.39. The van der Waals surface area contributed by atoms with Gasteiger partial charge in [0, 0.05) is 11.5 Å². The summed E-state index contributed by atoms with van der Waals surface area (Å²) >= 11 is 8.92. The monoisotopic (exact) mass is 362 g/mol. The molecule has 3 heterocycles. The zero-order chi connectivity index (χ0) is 12.8. The number of halogens is 3. The molecule has 0 amide bonds. The fraction of sp³-hybridized carbons (Fsp3) is 0.333. The van der Waals surface area contributed by atoms with Crippen LogP contribution in [-0.2, 0) is 0 Å². The Hall–Kier alpha value is 1.11. The van der Waals surface area contributed by atoms with Crippen molar-refractivity contribution in [3.63, 3.8) is 0 Å². The Bertz CT molecular complexity index is 455. The molecule has 0 radical (unpaired) electrons. The smallest absolute Gasteiger partial charge is 0.166 e. The van der Waals surface area contributed by atoms with Crippen molar-refractivity contribution in [2.45, 2.75) is 6.18 Å². The Morgan fingerprint density at radius 1 is 0.833 bits per heavy atom. The number of rotatable bonds is 0. The summed E-state index contributed by atoms with van der Waals surface area (Å²) < 4.78 is 42.0. The van der Waals surface area contributed by atoms with E-state index in [9.17, 15) is 13.2 Å². The van der Waals surface area contributed by atoms with E-state index in [2.05, 4.69) is 0 Å². The van der Waals surface area contributed by atoms with Crippen LogP contribution in [0.1, 0.15) is 0 Å². The van der Waals surface area contributed by atoms with Gasteiger partial charge in [-0.15, -0.1) is 23.5 Å². The molecule has 98 valence electrons. The Morgan fingerprint density at radius 2 is 1.44 bits per heavy atom. The first-order valence-electron chi connectivity index (χ1n) is 4.76. The second kappa shape index (κ2) is 5.48. The number of hydrogen-bond donors (Lipinski definition) is 0. The normalized spacial score (nSPS) is 24.7. The zero-order valence-electron chi connectivity index (χ0n) is 8.57. The minimum absolute atomic E-state index is 0.499. The maximum atomic E-state index is 12.6. The van der Waals surface area contributed by atoms with Gasteiger partial charge in [-0.1, -0.05) is 47.0 Å². The molecular weight excluding hydrogens is 357 g/mol. The third-order valence-corrected chi connectivity index (χ3v) is 10.7. The molecule has 0 aromatic rings. The quantitative estimate of drug-likeness (QED) is 0.508. The van der Waals surface area contributed by atoms with Gasteiger partial charge in [-0.3, -0.25) is 0 Å². The fourth-order valence-electron chi connectivity index (χ4n) is 1.27. The first-order valence-corrected chi connectivity index (χ1v) is 10.1. The molecule has 0 bridgehead atoms. The maximum absolute atomic E-state index is 12.6. The molecule has 0 unspecified atom stereocenters. The molecule has 0 fully saturated rings. The summed E-state index contributed by atoms with van der Waals surface area (Å²) in [5.41, 5.74) is 0. The van der Waals surface area contributed by atoms with Gasteiger partial charge in [0.15, 0.2) is 0 Å². The van der Waals surface area contributed by atoms with Gasteiger partial charge >= 0.3 is 6.18 Å². The second-order valence-corrected chi connectivity index (χ2v) is 10.5. The van der Waals surface area contributed by atoms with Crippen molar-refractivity contribution in [3.8, 4) is 0 Å². The highest BCUT2D eigenvalue weighted by molar-refractivity contribution is 8.43. The Balaban J connectivity index is 1.73. The highest BCUT2D eigenvalue weighted by Crippen LogP contribution is 2.64. The van der Waals surface area contributed by atoms with Crippen LogP contribution in [0.15, 0.2) is 27.3 Å². The van der Waals surface area contributed by atoms with Gasteiger partial charge in [-0.25, -0.2) is 0 Å². The summed E-state index contributed by atoms with van der Waals surface area (Å²) in [7, 11) is 0. The number of hydrogen-bond acceptors (Lipinski definition) is 6. The summed E-state index contributed by atoms with van der Waals surface area (Å²) in [6.45, 7) is 0. The predicted molar refractivity (Wildman–Crippen MR) is 83.5 cm³/mol. The summed E-state index contributed by atoms with van der Waals surface area (Å²) in [5, 5.41) is 1.21. The van der Waals surface area contributed by atoms with Gasteiger partial charge in [0.05, 0.1) is 16.9 Å². The second-order valence-electron chi connectivity index (χ2n) is 3.25. The lowest BCUT2D eigenvalue weighted by Gasteiger charge is -2.08. The lowest BCUT2D eigenvalue weighted by molar-refractivity contribution is -0.0832. The van der Waals surface area contributed by atoms with E-state index in [1.54, 1.807) is 23.5 Å². The van der Waals surface area contributed by atoms with E-state index in [1.807, 2.05) is 23.5 Å². The maximum Gasteiger partial charge on any atom is 0.423 e. The summed E-state index contributed by atoms with van der Waals surface area (Å²) in [6.07, 6.45) is -4.22. The molecule has 0 aromatic heterocycles. The third-order valence-electron chi connectivity index (χ3n) is 2.01. The van der Waals surface area contributed by atoms with Crippen LogP contribution < -0.4 is 0 Å². The molecule has 3 aliphatic rings. The van der Waals surface area contributed by atoms with Crippen LogP contribution in [0.5, 0.6) is 0 Å². The Labute approximate surface area is 128 Å². The molecule has 0 aromatic carbocycles. The molecule has 0 aliphatic carbocycles. The van der Waals surface area contributed by atoms with Gasteiger partial charge in [0.25, 0.3) is 0 Å². The van der Waals surface area contributed by atoms with Crippen LogP contribution in [0.3, 0.4) is 0 Å². The number of alkyl halides is 3. The van der Waals surface area contributed by atoms with Crippen molar-refractivity contribution >= 4 is 70.6 Å². The molecule has 9 heteroatoms. The molecule has 0 atom stereocenters. The van der Waals surface area contributed by atoms with Gasteiger partial charge in [0.1, 0.15) is 4.91 Å². The zero-order valence-corrected chi connectivity index (χ0v) is 13.5. The largest absolute Gasteiger partial charge is 0.423 e. The average molecular weight is 363 g/mol. The lowest BCUT2D eigenvalue weighted by Crippen LogP contribution is -2.06. The highest BCUT2D eigenvalue weighted by atomic mass is 32.3. The molecule has 0 saturated carbocycles. The van der Waals surface area contributed by atoms with Crippen molar-refractivity contribution in [2.75, 3.05) is 11.5 Å². The van der Waals surface area contributed by atoms with E-state index in [-0.39, 0.29) is 0 Å². The topological polar surface area (TPSA) is 0 Å². The van der Waals surface area contributed by atoms with E-state index in [4.69, 9.17) is 0 Å². The molecule has 18 heavy (non-hydrogen) atoms. The standard InChI is InChI=1S/C9H5F3S6/c10-9(11,12)4-3-15-7(16-4)8-17-5-6(18-8)14-2-1-13-5/h3H,1-2H2. The summed E-state index contributed by atoms with van der Waals surface area (Å²) in [5.74, 6) is 2.18. The van der Waals surface area contributed by atoms with Crippen LogP contribution in [-0.4, -0.2) is 17.7 Å². The van der Waals surface area contributed by atoms with E-state index in [0.29, 0.717) is 0 Å². The van der Waals surface area contributed by atoms with Crippen molar-refractivity contribution < 1.29 is 13.2 Å². The third kappa shape index (κ3) is 2.90. The lowest BCUT2D eigenvalue weighted by atomic mass is 10.6. The van der Waals surface area contributed by atoms with Crippen LogP contribution in [0, 0.1) is 0 Å². The number of allylic oxidation sites excluding steroid dienone is 1. The van der Waals surface area contributed by atoms with Gasteiger partial charge < -0.3 is 0 Å². The van der Waals surface area contributed by atoms with Crippen LogP contribution in [0.25, 0.3) is 0 Å². The van der Waals surface area contributed by atoms with Crippen molar-refractivity contribution in [3.05, 3.63) is 27.3 Å². The molecule has 3 rings (SSSR count). The van der Waals surface area contributed by atoms with Gasteiger partial charge in [0.2, 0.25) is 0 Å². The Kier molecular flexibility index (Phi) is 4.28. The first-order chi connectivity index (χ1) is 8.54. The molecular formula is C9H5F3S6. The molecule has 0 saturated heterocycles. The van der Waals surface area contributed by atoms with Gasteiger partial charge in [-0.05, 0) is 5.41 Å². The average Bonchev–Trinajstić information content (AvgIpc) is 2.94. The van der Waals surface area contributed by atoms with E-state index >= 15 is 0 Å². The Morgan fingerprint density at radius 3 is 1.94 bits per heavy atom. The fourth-order valence-corrected chi connectivity index (χ4v) is 9.70. The van der Waals surface area contributed by atoms with Crippen molar-refractivity contribution in [1.82, 2.24) is 0 Å². The van der Waals surface area contributed by atoms with Gasteiger partial charge in [-0.2, -0.15) is 13.2 Å². The summed E-state index contributed by atoms with van der Waals surface area (Å²) in [4.78, 5) is -0.499. The van der Waals surface area contributed by atoms with Crippen LogP contribution in [0.2, 0.25) is 0 Å². The molecule has 3 aliphatic heterocycles. The predicted octanol–water partition coefficient (Wildman–Crippen LogP) is 6.08. The molecule has 0 nitrogen and oxygen atoms in total. The first kappa shape index (κ1) is 14.1. The van der Waals surface area contributed by atoms with Crippen LogP contribution >= 0.6 is 70.6 Å². The van der Waals surface area contributed by atoms with Crippen LogP contribution in [0.4, 0.5) is 13.2 Å². The van der Waals surface area contributed by atoms with E-state index in [1.165, 1.54) is 25.6 Å². The minimum atomic E-state index is -4.22. The van der Waals surface area contributed by atoms with E-state index < -0.39 is 11.1 Å². The molecule has 0 spiro atoms. The SMILES string of the molecule is FC(F)(F)C1=CSC(=C2SC3=C(SCCS3)S2)S1. The van der Waals surface area contributed by atoms with Crippen molar-refractivity contribution in [1.29, 1.82) is 0 Å². The van der Waals surface area contributed by atoms with Crippen molar-refractivity contribution in [2.24, 2.45) is 0 Å². The molecule has 0 N–H and O–H groups in total. The van der Waals surface area contributed by atoms with E-state index in [0.717, 1.165) is 31.7 Å². The number of thioether (sulfide) groups is 6. The minimum Gasteiger partial charge on any atom is -0.166 e.